The summed E-state index contributed by atoms with van der Waals surface area (Å²) in [7, 11) is 0. The summed E-state index contributed by atoms with van der Waals surface area (Å²) < 4.78 is 0. The molecule has 13 heavy (non-hydrogen) atoms. The molecule has 5 heteroatoms. The van der Waals surface area contributed by atoms with Crippen LogP contribution in [0.15, 0.2) is 12.2 Å². The number of ketones is 1. The molecule has 0 saturated heterocycles. The number of alkyl halides is 1. The Kier molecular flexibility index (Phi) is 10.9. The van der Waals surface area contributed by atoms with Crippen LogP contribution in [0, 0.1) is 5.92 Å². The zero-order chi connectivity index (χ0) is 9.56. The number of halogens is 1. The fourth-order valence-corrected chi connectivity index (χ4v) is 1.00. The molecule has 0 saturated carbocycles. The molecule has 0 aromatic carbocycles. The molecule has 1 N–H and O–H groups in total. The van der Waals surface area contributed by atoms with E-state index in [1.54, 1.807) is 12.2 Å². The van der Waals surface area contributed by atoms with E-state index in [0.717, 1.165) is 0 Å². The summed E-state index contributed by atoms with van der Waals surface area (Å²) in [5, 5.41) is 9.25. The molecule has 0 heterocycles. The van der Waals surface area contributed by atoms with Gasteiger partial charge in [0.1, 0.15) is 11.7 Å². The van der Waals surface area contributed by atoms with Crippen molar-refractivity contribution in [2.24, 2.45) is 5.92 Å². The van der Waals surface area contributed by atoms with Gasteiger partial charge in [0.2, 0.25) is 0 Å². The van der Waals surface area contributed by atoms with E-state index in [-0.39, 0.29) is 43.2 Å². The Morgan fingerprint density at radius 3 is 2.38 bits per heavy atom. The fraction of sp³-hybridized carbons (Fsp3) is 0.500. The summed E-state index contributed by atoms with van der Waals surface area (Å²) in [5.41, 5.74) is 0. The summed E-state index contributed by atoms with van der Waals surface area (Å²) in [6, 6.07) is 0. The van der Waals surface area contributed by atoms with Gasteiger partial charge in [0, 0.05) is 5.33 Å². The minimum atomic E-state index is -1.05. The molecular formula is C8H12BrNaO3. The molecule has 0 amide bonds. The molecular weight excluding hydrogens is 247 g/mol. The Morgan fingerprint density at radius 2 is 2.08 bits per heavy atom. The van der Waals surface area contributed by atoms with E-state index in [2.05, 4.69) is 15.9 Å². The molecule has 1 atom stereocenters. The Labute approximate surface area is 109 Å². The van der Waals surface area contributed by atoms with Crippen LogP contribution >= 0.6 is 15.9 Å². The monoisotopic (exact) mass is 258 g/mol. The standard InChI is InChI=1S/C8H11BrO3.Na.H/c1-6(10)7(8(11)12)4-2-3-5-9;;/h2-3,7H,4-5H2,1H3,(H,11,12);;/q;+1;-1. The second kappa shape index (κ2) is 8.94. The molecule has 0 aromatic heterocycles. The molecule has 0 radical (unpaired) electrons. The molecule has 0 aromatic rings. The molecule has 0 rings (SSSR count). The largest absolute Gasteiger partial charge is 1.00 e. The SMILES string of the molecule is CC(=O)C(CC=CCBr)C(=O)O.[H-].[Na+]. The molecule has 1 unspecified atom stereocenters. The first kappa shape index (κ1) is 15.8. The third-order valence-electron chi connectivity index (χ3n) is 1.42. The Balaban J connectivity index is -0.000000605. The maximum Gasteiger partial charge on any atom is 1.00 e. The maximum atomic E-state index is 10.8. The first-order valence-corrected chi connectivity index (χ1v) is 4.66. The van der Waals surface area contributed by atoms with Gasteiger partial charge in [-0.2, -0.15) is 0 Å². The fourth-order valence-electron chi connectivity index (χ4n) is 0.736. The number of carboxylic acid groups (broad SMARTS) is 1. The summed E-state index contributed by atoms with van der Waals surface area (Å²) in [6.07, 6.45) is 3.74. The number of aliphatic carboxylic acids is 1. The predicted octanol–water partition coefficient (Wildman–Crippen LogP) is -1.27. The van der Waals surface area contributed by atoms with Crippen molar-refractivity contribution in [1.29, 1.82) is 0 Å². The van der Waals surface area contributed by atoms with E-state index < -0.39 is 11.9 Å². The van der Waals surface area contributed by atoms with Crippen molar-refractivity contribution < 1.29 is 45.7 Å². The normalized spacial score (nSPS) is 12.2. The summed E-state index contributed by atoms with van der Waals surface area (Å²) >= 11 is 3.15. The Morgan fingerprint density at radius 1 is 1.54 bits per heavy atom. The van der Waals surface area contributed by atoms with Gasteiger partial charge in [-0.05, 0) is 13.3 Å². The minimum Gasteiger partial charge on any atom is -1.00 e. The number of hydrogen-bond acceptors (Lipinski definition) is 2. The van der Waals surface area contributed by atoms with Crippen molar-refractivity contribution in [1.82, 2.24) is 0 Å². The third-order valence-corrected chi connectivity index (χ3v) is 1.79. The van der Waals surface area contributed by atoms with Gasteiger partial charge in [0.05, 0.1) is 0 Å². The Hall–Kier alpha value is 0.360. The molecule has 0 aliphatic rings. The van der Waals surface area contributed by atoms with E-state index in [1.165, 1.54) is 6.92 Å². The van der Waals surface area contributed by atoms with E-state index in [9.17, 15) is 9.59 Å². The van der Waals surface area contributed by atoms with Crippen LogP contribution in [-0.2, 0) is 9.59 Å². The van der Waals surface area contributed by atoms with Crippen LogP contribution in [0.4, 0.5) is 0 Å². The first-order chi connectivity index (χ1) is 5.59. The van der Waals surface area contributed by atoms with Gasteiger partial charge in [-0.25, -0.2) is 0 Å². The number of allylic oxidation sites excluding steroid dienone is 2. The summed E-state index contributed by atoms with van der Waals surface area (Å²) in [5.74, 6) is -2.25. The van der Waals surface area contributed by atoms with Crippen molar-refractivity contribution >= 4 is 27.7 Å². The first-order valence-electron chi connectivity index (χ1n) is 3.53. The maximum absolute atomic E-state index is 10.8. The summed E-state index contributed by atoms with van der Waals surface area (Å²) in [6.45, 7) is 1.29. The molecule has 0 spiro atoms. The van der Waals surface area contributed by atoms with Gasteiger partial charge < -0.3 is 6.53 Å². The molecule has 0 aliphatic carbocycles. The quantitative estimate of drug-likeness (QED) is 0.290. The van der Waals surface area contributed by atoms with E-state index in [1.807, 2.05) is 0 Å². The average molecular weight is 259 g/mol. The number of carbonyl (C=O) groups is 2. The smallest absolute Gasteiger partial charge is 1.00 e. The van der Waals surface area contributed by atoms with Crippen LogP contribution in [0.2, 0.25) is 0 Å². The number of Topliss-reactive ketones (excluding diaryl/α,β-unsaturated/α-hetero) is 1. The van der Waals surface area contributed by atoms with Crippen LogP contribution in [0.3, 0.4) is 0 Å². The zero-order valence-electron chi connectivity index (χ0n) is 8.79. The van der Waals surface area contributed by atoms with Crippen LogP contribution in [-0.4, -0.2) is 22.2 Å². The van der Waals surface area contributed by atoms with Gasteiger partial charge in [-0.3, -0.25) is 9.59 Å². The predicted molar refractivity (Wildman–Crippen MR) is 50.5 cm³/mol. The number of carboxylic acids is 1. The number of carbonyl (C=O) groups excluding carboxylic acids is 1. The zero-order valence-corrected chi connectivity index (χ0v) is 11.4. The van der Waals surface area contributed by atoms with Gasteiger partial charge in [-0.1, -0.05) is 28.1 Å². The molecule has 0 fully saturated rings. The average Bonchev–Trinajstić information content (AvgIpc) is 1.96. The van der Waals surface area contributed by atoms with Gasteiger partial charge in [0.15, 0.2) is 0 Å². The van der Waals surface area contributed by atoms with Crippen molar-refractivity contribution in [3.63, 3.8) is 0 Å². The molecule has 3 nitrogen and oxygen atoms in total. The van der Waals surface area contributed by atoms with Crippen LogP contribution in [0.1, 0.15) is 14.8 Å². The van der Waals surface area contributed by atoms with Gasteiger partial charge in [-0.15, -0.1) is 0 Å². The summed E-state index contributed by atoms with van der Waals surface area (Å²) in [4.78, 5) is 21.2. The molecule has 0 aliphatic heterocycles. The molecule has 0 bridgehead atoms. The van der Waals surface area contributed by atoms with Crippen molar-refractivity contribution in [3.8, 4) is 0 Å². The minimum absolute atomic E-state index is 0. The van der Waals surface area contributed by atoms with Crippen molar-refractivity contribution in [3.05, 3.63) is 12.2 Å². The van der Waals surface area contributed by atoms with E-state index in [4.69, 9.17) is 5.11 Å². The molecule has 70 valence electrons. The van der Waals surface area contributed by atoms with Gasteiger partial charge in [0.25, 0.3) is 0 Å². The Bertz CT molecular complexity index is 195. The number of rotatable bonds is 5. The van der Waals surface area contributed by atoms with Crippen molar-refractivity contribution in [2.75, 3.05) is 5.33 Å². The van der Waals surface area contributed by atoms with Crippen molar-refractivity contribution in [2.45, 2.75) is 13.3 Å². The second-order valence-electron chi connectivity index (χ2n) is 2.36. The van der Waals surface area contributed by atoms with Gasteiger partial charge >= 0.3 is 35.5 Å². The van der Waals surface area contributed by atoms with Crippen LogP contribution < -0.4 is 29.6 Å². The second-order valence-corrected chi connectivity index (χ2v) is 3.01. The topological polar surface area (TPSA) is 54.4 Å². The third kappa shape index (κ3) is 7.43. The van der Waals surface area contributed by atoms with Crippen LogP contribution in [0.5, 0.6) is 0 Å². The van der Waals surface area contributed by atoms with Crippen LogP contribution in [0.25, 0.3) is 0 Å². The van der Waals surface area contributed by atoms with E-state index in [0.29, 0.717) is 5.33 Å². The number of hydrogen-bond donors (Lipinski definition) is 1. The van der Waals surface area contributed by atoms with E-state index >= 15 is 0 Å².